The molecule has 0 aliphatic carbocycles. The number of amides is 1. The number of aromatic nitrogens is 1. The predicted octanol–water partition coefficient (Wildman–Crippen LogP) is 2.17. The number of carbonyl (C=O) groups is 3. The van der Waals surface area contributed by atoms with Gasteiger partial charge in [0, 0.05) is 0 Å². The van der Waals surface area contributed by atoms with Crippen LogP contribution in [0.1, 0.15) is 20.3 Å². The van der Waals surface area contributed by atoms with Gasteiger partial charge in [-0.25, -0.2) is 9.78 Å². The standard InChI is InChI=1S/C18H22N2O6S/c1-11(2)8-13(17(23)24-3)19-15(21)9-25-16(22)10-27-18-20-12-6-4-5-7-14(12)26-18/h4-7,11,13H,8-10H2,1-3H3,(H,19,21)/t13-/m1/s1. The van der Waals surface area contributed by atoms with Gasteiger partial charge in [-0.1, -0.05) is 37.7 Å². The lowest BCUT2D eigenvalue weighted by atomic mass is 10.0. The number of methoxy groups -OCH3 is 1. The molecule has 1 atom stereocenters. The minimum absolute atomic E-state index is 0.0491. The molecule has 0 saturated heterocycles. The monoisotopic (exact) mass is 394 g/mol. The molecule has 1 aromatic carbocycles. The van der Waals surface area contributed by atoms with Gasteiger partial charge in [-0.3, -0.25) is 9.59 Å². The van der Waals surface area contributed by atoms with Crippen molar-refractivity contribution in [3.63, 3.8) is 0 Å². The minimum Gasteiger partial charge on any atom is -0.467 e. The molecule has 9 heteroatoms. The van der Waals surface area contributed by atoms with Gasteiger partial charge in [-0.05, 0) is 24.5 Å². The van der Waals surface area contributed by atoms with Crippen LogP contribution in [0.2, 0.25) is 0 Å². The van der Waals surface area contributed by atoms with Gasteiger partial charge in [0.15, 0.2) is 12.2 Å². The van der Waals surface area contributed by atoms with Gasteiger partial charge < -0.3 is 19.2 Å². The number of nitrogens with one attached hydrogen (secondary N) is 1. The van der Waals surface area contributed by atoms with Crippen molar-refractivity contribution >= 4 is 40.7 Å². The third-order valence-electron chi connectivity index (χ3n) is 3.48. The molecule has 0 fully saturated rings. The van der Waals surface area contributed by atoms with E-state index in [9.17, 15) is 14.4 Å². The number of hydrogen-bond acceptors (Lipinski definition) is 8. The van der Waals surface area contributed by atoms with Crippen molar-refractivity contribution in [3.8, 4) is 0 Å². The van der Waals surface area contributed by atoms with E-state index in [0.29, 0.717) is 22.7 Å². The summed E-state index contributed by atoms with van der Waals surface area (Å²) in [6.45, 7) is 3.37. The Balaban J connectivity index is 1.76. The molecule has 2 aromatic rings. The Morgan fingerprint density at radius 1 is 1.26 bits per heavy atom. The van der Waals surface area contributed by atoms with E-state index in [4.69, 9.17) is 9.15 Å². The van der Waals surface area contributed by atoms with Crippen molar-refractivity contribution in [3.05, 3.63) is 24.3 Å². The molecule has 27 heavy (non-hydrogen) atoms. The summed E-state index contributed by atoms with van der Waals surface area (Å²) in [5.41, 5.74) is 1.33. The number of thioether (sulfide) groups is 1. The molecule has 0 radical (unpaired) electrons. The molecular weight excluding hydrogens is 372 g/mol. The number of ether oxygens (including phenoxy) is 2. The van der Waals surface area contributed by atoms with E-state index in [1.165, 1.54) is 7.11 Å². The van der Waals surface area contributed by atoms with E-state index in [0.717, 1.165) is 11.8 Å². The van der Waals surface area contributed by atoms with Gasteiger partial charge in [0.25, 0.3) is 11.1 Å². The second kappa shape index (κ2) is 9.96. The molecule has 0 unspecified atom stereocenters. The first kappa shape index (κ1) is 20.8. The lowest BCUT2D eigenvalue weighted by Crippen LogP contribution is -2.44. The van der Waals surface area contributed by atoms with Crippen LogP contribution in [0.25, 0.3) is 11.1 Å². The normalized spacial score (nSPS) is 12.0. The summed E-state index contributed by atoms with van der Waals surface area (Å²) in [5.74, 6) is -1.55. The Morgan fingerprint density at radius 3 is 2.67 bits per heavy atom. The van der Waals surface area contributed by atoms with Crippen LogP contribution in [0.5, 0.6) is 0 Å². The van der Waals surface area contributed by atoms with Crippen LogP contribution >= 0.6 is 11.8 Å². The number of benzene rings is 1. The second-order valence-corrected chi connectivity index (χ2v) is 7.10. The smallest absolute Gasteiger partial charge is 0.328 e. The summed E-state index contributed by atoms with van der Waals surface area (Å²) in [6, 6.07) is 6.49. The fourth-order valence-corrected chi connectivity index (χ4v) is 2.92. The van der Waals surface area contributed by atoms with E-state index in [-0.39, 0.29) is 11.7 Å². The molecule has 0 aliphatic rings. The van der Waals surface area contributed by atoms with Crippen LogP contribution in [0.3, 0.4) is 0 Å². The Labute approximate surface area is 161 Å². The average molecular weight is 394 g/mol. The highest BCUT2D eigenvalue weighted by molar-refractivity contribution is 7.99. The van der Waals surface area contributed by atoms with Crippen LogP contribution < -0.4 is 5.32 Å². The van der Waals surface area contributed by atoms with Crippen LogP contribution in [-0.2, 0) is 23.9 Å². The van der Waals surface area contributed by atoms with E-state index in [1.807, 2.05) is 26.0 Å². The van der Waals surface area contributed by atoms with Gasteiger partial charge in [0.05, 0.1) is 7.11 Å². The summed E-state index contributed by atoms with van der Waals surface area (Å²) >= 11 is 1.08. The van der Waals surface area contributed by atoms with Crippen LogP contribution in [-0.4, -0.2) is 48.3 Å². The Kier molecular flexibility index (Phi) is 7.66. The van der Waals surface area contributed by atoms with Gasteiger partial charge in [0.2, 0.25) is 0 Å². The number of para-hydroxylation sites is 2. The summed E-state index contributed by atoms with van der Waals surface area (Å²) in [5, 5.41) is 2.87. The molecule has 1 N–H and O–H groups in total. The first-order valence-corrected chi connectivity index (χ1v) is 9.38. The largest absolute Gasteiger partial charge is 0.467 e. The van der Waals surface area contributed by atoms with Crippen LogP contribution in [0.4, 0.5) is 0 Å². The minimum atomic E-state index is -0.768. The van der Waals surface area contributed by atoms with Crippen molar-refractivity contribution in [2.24, 2.45) is 5.92 Å². The molecule has 0 spiro atoms. The maximum atomic E-state index is 11.9. The number of carbonyl (C=O) groups excluding carboxylic acids is 3. The zero-order valence-corrected chi connectivity index (χ0v) is 16.2. The molecule has 0 saturated carbocycles. The number of fused-ring (bicyclic) bond motifs is 1. The number of hydrogen-bond donors (Lipinski definition) is 1. The predicted molar refractivity (Wildman–Crippen MR) is 99.1 cm³/mol. The Hall–Kier alpha value is -2.55. The lowest BCUT2D eigenvalue weighted by molar-refractivity contribution is -0.149. The quantitative estimate of drug-likeness (QED) is 0.509. The Bertz CT molecular complexity index is 771. The summed E-state index contributed by atoms with van der Waals surface area (Å²) in [4.78, 5) is 39.6. The zero-order valence-electron chi connectivity index (χ0n) is 15.4. The molecule has 1 heterocycles. The number of nitrogens with zero attached hydrogens (tertiary/aromatic N) is 1. The highest BCUT2D eigenvalue weighted by Crippen LogP contribution is 2.23. The fraction of sp³-hybridized carbons (Fsp3) is 0.444. The van der Waals surface area contributed by atoms with Crippen molar-refractivity contribution in [1.82, 2.24) is 10.3 Å². The van der Waals surface area contributed by atoms with E-state index in [1.54, 1.807) is 12.1 Å². The van der Waals surface area contributed by atoms with Gasteiger partial charge in [-0.15, -0.1) is 0 Å². The van der Waals surface area contributed by atoms with Gasteiger partial charge >= 0.3 is 11.9 Å². The zero-order chi connectivity index (χ0) is 19.8. The maximum Gasteiger partial charge on any atom is 0.328 e. The molecule has 8 nitrogen and oxygen atoms in total. The third-order valence-corrected chi connectivity index (χ3v) is 4.28. The van der Waals surface area contributed by atoms with Crippen molar-refractivity contribution in [2.45, 2.75) is 31.5 Å². The van der Waals surface area contributed by atoms with E-state index >= 15 is 0 Å². The first-order valence-electron chi connectivity index (χ1n) is 8.40. The molecule has 0 aliphatic heterocycles. The highest BCUT2D eigenvalue weighted by atomic mass is 32.2. The van der Waals surface area contributed by atoms with Crippen LogP contribution in [0, 0.1) is 5.92 Å². The summed E-state index contributed by atoms with van der Waals surface area (Å²) in [6.07, 6.45) is 0.430. The van der Waals surface area contributed by atoms with Crippen molar-refractivity contribution < 1.29 is 28.3 Å². The topological polar surface area (TPSA) is 108 Å². The number of esters is 2. The molecule has 2 rings (SSSR count). The number of rotatable bonds is 9. The third kappa shape index (κ3) is 6.59. The average Bonchev–Trinajstić information content (AvgIpc) is 3.06. The first-order chi connectivity index (χ1) is 12.9. The van der Waals surface area contributed by atoms with Gasteiger partial charge in [0.1, 0.15) is 17.3 Å². The maximum absolute atomic E-state index is 11.9. The van der Waals surface area contributed by atoms with E-state index in [2.05, 4.69) is 15.0 Å². The highest BCUT2D eigenvalue weighted by Gasteiger charge is 2.23. The molecule has 146 valence electrons. The van der Waals surface area contributed by atoms with Crippen LogP contribution in [0.15, 0.2) is 33.9 Å². The molecule has 0 bridgehead atoms. The summed E-state index contributed by atoms with van der Waals surface area (Å²) < 4.78 is 15.1. The number of oxazole rings is 1. The van der Waals surface area contributed by atoms with Crippen molar-refractivity contribution in [1.29, 1.82) is 0 Å². The lowest BCUT2D eigenvalue weighted by Gasteiger charge is -2.18. The Morgan fingerprint density at radius 2 is 2.00 bits per heavy atom. The summed E-state index contributed by atoms with van der Waals surface area (Å²) in [7, 11) is 1.26. The molecule has 1 amide bonds. The molecule has 1 aromatic heterocycles. The van der Waals surface area contributed by atoms with Crippen molar-refractivity contribution in [2.75, 3.05) is 19.5 Å². The second-order valence-electron chi connectivity index (χ2n) is 6.17. The fourth-order valence-electron chi connectivity index (χ4n) is 2.28. The molecular formula is C18H22N2O6S. The van der Waals surface area contributed by atoms with E-state index < -0.39 is 30.5 Å². The van der Waals surface area contributed by atoms with Gasteiger partial charge in [-0.2, -0.15) is 0 Å². The SMILES string of the molecule is COC(=O)[C@@H](CC(C)C)NC(=O)COC(=O)CSc1nc2ccccc2o1.